The van der Waals surface area contributed by atoms with Crippen LogP contribution in [0.4, 0.5) is 0 Å². The molecule has 0 radical (unpaired) electrons. The first kappa shape index (κ1) is 14.8. The summed E-state index contributed by atoms with van der Waals surface area (Å²) in [7, 11) is 0. The number of nitrogens with one attached hydrogen (secondary N) is 1. The number of aromatic nitrogens is 5. The Bertz CT molecular complexity index is 679. The minimum atomic E-state index is 0.408. The maximum Gasteiger partial charge on any atom is 0.143 e. The molecule has 7 heteroatoms. The van der Waals surface area contributed by atoms with Crippen molar-refractivity contribution in [3.8, 4) is 10.7 Å². The summed E-state index contributed by atoms with van der Waals surface area (Å²) >= 11 is 1.60. The van der Waals surface area contributed by atoms with Crippen LogP contribution in [0.25, 0.3) is 10.7 Å². The second kappa shape index (κ2) is 7.24. The summed E-state index contributed by atoms with van der Waals surface area (Å²) in [5.41, 5.74) is 1.86. The lowest BCUT2D eigenvalue weighted by Crippen LogP contribution is -2.27. The van der Waals surface area contributed by atoms with E-state index >= 15 is 0 Å². The second-order valence-electron chi connectivity index (χ2n) is 5.07. The molecule has 1 atom stereocenters. The molecule has 0 aliphatic rings. The van der Waals surface area contributed by atoms with Crippen molar-refractivity contribution >= 4 is 11.3 Å². The summed E-state index contributed by atoms with van der Waals surface area (Å²) < 4.78 is 1.95. The molecule has 1 unspecified atom stereocenters. The van der Waals surface area contributed by atoms with E-state index in [0.29, 0.717) is 6.04 Å². The Labute approximate surface area is 133 Å². The quantitative estimate of drug-likeness (QED) is 0.725. The van der Waals surface area contributed by atoms with Crippen molar-refractivity contribution in [2.24, 2.45) is 0 Å². The number of hydrogen-bond acceptors (Lipinski definition) is 6. The summed E-state index contributed by atoms with van der Waals surface area (Å²) in [5, 5.41) is 10.7. The van der Waals surface area contributed by atoms with Gasteiger partial charge in [-0.05, 0) is 19.4 Å². The van der Waals surface area contributed by atoms with Gasteiger partial charge >= 0.3 is 0 Å². The zero-order chi connectivity index (χ0) is 15.2. The highest BCUT2D eigenvalue weighted by atomic mass is 32.1. The zero-order valence-electron chi connectivity index (χ0n) is 12.4. The summed E-state index contributed by atoms with van der Waals surface area (Å²) in [4.78, 5) is 12.9. The lowest BCUT2D eigenvalue weighted by atomic mass is 10.2. The maximum absolute atomic E-state index is 4.60. The molecule has 0 bridgehead atoms. The average Bonchev–Trinajstić information content (AvgIpc) is 3.23. The molecule has 6 nitrogen and oxygen atoms in total. The molecule has 3 aromatic rings. The third-order valence-electron chi connectivity index (χ3n) is 3.32. The van der Waals surface area contributed by atoms with E-state index in [9.17, 15) is 0 Å². The van der Waals surface area contributed by atoms with Gasteiger partial charge in [-0.2, -0.15) is 5.10 Å². The molecule has 0 aromatic carbocycles. The Kier molecular flexibility index (Phi) is 4.87. The van der Waals surface area contributed by atoms with Gasteiger partial charge in [0.15, 0.2) is 0 Å². The van der Waals surface area contributed by atoms with Crippen LogP contribution in [0.2, 0.25) is 0 Å². The molecule has 0 saturated heterocycles. The lowest BCUT2D eigenvalue weighted by Gasteiger charge is -2.12. The minimum absolute atomic E-state index is 0.408. The molecule has 114 valence electrons. The molecular formula is C15H18N6S. The van der Waals surface area contributed by atoms with Crippen LogP contribution in [0.1, 0.15) is 19.0 Å². The van der Waals surface area contributed by atoms with Crippen LogP contribution in [-0.2, 0) is 13.1 Å². The fourth-order valence-electron chi connectivity index (χ4n) is 2.05. The zero-order valence-corrected chi connectivity index (χ0v) is 13.2. The molecule has 3 rings (SSSR count). The van der Waals surface area contributed by atoms with Crippen molar-refractivity contribution in [3.63, 3.8) is 0 Å². The maximum atomic E-state index is 4.60. The molecular weight excluding hydrogens is 296 g/mol. The van der Waals surface area contributed by atoms with Gasteiger partial charge in [0.1, 0.15) is 10.7 Å². The molecule has 0 aliphatic heterocycles. The monoisotopic (exact) mass is 314 g/mol. The fraction of sp³-hybridized carbons (Fsp3) is 0.333. The first-order valence-electron chi connectivity index (χ1n) is 7.23. The summed E-state index contributed by atoms with van der Waals surface area (Å²) in [6.45, 7) is 3.86. The molecule has 22 heavy (non-hydrogen) atoms. The predicted octanol–water partition coefficient (Wildman–Crippen LogP) is 2.37. The Hall–Kier alpha value is -2.12. The largest absolute Gasteiger partial charge is 0.309 e. The number of hydrogen-bond donors (Lipinski definition) is 1. The van der Waals surface area contributed by atoms with Crippen molar-refractivity contribution in [2.45, 2.75) is 32.5 Å². The first-order valence-corrected chi connectivity index (χ1v) is 8.11. The fourth-order valence-corrected chi connectivity index (χ4v) is 2.83. The van der Waals surface area contributed by atoms with E-state index in [1.165, 1.54) is 0 Å². The van der Waals surface area contributed by atoms with Gasteiger partial charge in [0, 0.05) is 49.3 Å². The highest BCUT2D eigenvalue weighted by molar-refractivity contribution is 7.13. The van der Waals surface area contributed by atoms with Crippen LogP contribution in [0, 0.1) is 0 Å². The molecule has 3 heterocycles. The van der Waals surface area contributed by atoms with Gasteiger partial charge in [0.2, 0.25) is 0 Å². The van der Waals surface area contributed by atoms with Gasteiger partial charge in [-0.3, -0.25) is 14.6 Å². The van der Waals surface area contributed by atoms with Crippen LogP contribution in [0.15, 0.2) is 42.4 Å². The Balaban J connectivity index is 1.48. The van der Waals surface area contributed by atoms with Gasteiger partial charge in [0.05, 0.1) is 11.9 Å². The summed E-state index contributed by atoms with van der Waals surface area (Å²) in [6, 6.07) is 2.35. The average molecular weight is 314 g/mol. The molecule has 0 aliphatic carbocycles. The van der Waals surface area contributed by atoms with Gasteiger partial charge in [0.25, 0.3) is 0 Å². The van der Waals surface area contributed by atoms with E-state index < -0.39 is 0 Å². The van der Waals surface area contributed by atoms with Crippen molar-refractivity contribution < 1.29 is 0 Å². The van der Waals surface area contributed by atoms with E-state index in [4.69, 9.17) is 0 Å². The Morgan fingerprint density at radius 2 is 2.27 bits per heavy atom. The Morgan fingerprint density at radius 1 is 1.32 bits per heavy atom. The van der Waals surface area contributed by atoms with Gasteiger partial charge in [-0.25, -0.2) is 4.98 Å². The molecule has 0 amide bonds. The van der Waals surface area contributed by atoms with E-state index in [2.05, 4.69) is 37.7 Å². The van der Waals surface area contributed by atoms with Crippen molar-refractivity contribution in [2.75, 3.05) is 0 Å². The molecule has 1 N–H and O–H groups in total. The SMILES string of the molecule is CC(CCn1cccn1)NCc1csc(-c2cnccn2)n1. The summed E-state index contributed by atoms with van der Waals surface area (Å²) in [6.07, 6.45) is 9.92. The van der Waals surface area contributed by atoms with Gasteiger partial charge < -0.3 is 5.32 Å². The topological polar surface area (TPSA) is 68.5 Å². The third-order valence-corrected chi connectivity index (χ3v) is 4.23. The normalized spacial score (nSPS) is 12.4. The highest BCUT2D eigenvalue weighted by Crippen LogP contribution is 2.20. The van der Waals surface area contributed by atoms with Crippen molar-refractivity contribution in [3.05, 3.63) is 48.1 Å². The minimum Gasteiger partial charge on any atom is -0.309 e. The molecule has 0 spiro atoms. The van der Waals surface area contributed by atoms with E-state index in [1.54, 1.807) is 36.1 Å². The highest BCUT2D eigenvalue weighted by Gasteiger charge is 2.07. The van der Waals surface area contributed by atoms with Crippen LogP contribution < -0.4 is 5.32 Å². The first-order chi connectivity index (χ1) is 10.8. The number of rotatable bonds is 7. The smallest absolute Gasteiger partial charge is 0.143 e. The standard InChI is InChI=1S/C15H18N6S/c1-12(3-8-21-7-2-4-19-21)18-9-13-11-22-15(20-13)14-10-16-5-6-17-14/h2,4-7,10-12,18H,3,8-9H2,1H3. The second-order valence-corrected chi connectivity index (χ2v) is 5.93. The van der Waals surface area contributed by atoms with Crippen LogP contribution >= 0.6 is 11.3 Å². The molecule has 0 saturated carbocycles. The van der Waals surface area contributed by atoms with E-state index in [1.807, 2.05) is 16.9 Å². The number of aryl methyl sites for hydroxylation is 1. The molecule has 0 fully saturated rings. The van der Waals surface area contributed by atoms with E-state index in [-0.39, 0.29) is 0 Å². The number of nitrogens with zero attached hydrogens (tertiary/aromatic N) is 5. The van der Waals surface area contributed by atoms with Gasteiger partial charge in [-0.1, -0.05) is 0 Å². The van der Waals surface area contributed by atoms with Crippen molar-refractivity contribution in [1.82, 2.24) is 30.0 Å². The van der Waals surface area contributed by atoms with Gasteiger partial charge in [-0.15, -0.1) is 11.3 Å². The summed E-state index contributed by atoms with van der Waals surface area (Å²) in [5.74, 6) is 0. The van der Waals surface area contributed by atoms with Crippen molar-refractivity contribution in [1.29, 1.82) is 0 Å². The predicted molar refractivity (Wildman–Crippen MR) is 86.3 cm³/mol. The molecule has 3 aromatic heterocycles. The van der Waals surface area contributed by atoms with Crippen LogP contribution in [0.5, 0.6) is 0 Å². The lowest BCUT2D eigenvalue weighted by molar-refractivity contribution is 0.456. The Morgan fingerprint density at radius 3 is 3.05 bits per heavy atom. The van der Waals surface area contributed by atoms with Crippen LogP contribution in [-0.4, -0.2) is 30.8 Å². The third kappa shape index (κ3) is 3.96. The van der Waals surface area contributed by atoms with E-state index in [0.717, 1.165) is 35.9 Å². The van der Waals surface area contributed by atoms with Crippen LogP contribution in [0.3, 0.4) is 0 Å². The number of thiazole rings is 1.